The van der Waals surface area contributed by atoms with Crippen LogP contribution in [0.2, 0.25) is 0 Å². The Labute approximate surface area is 86.0 Å². The van der Waals surface area contributed by atoms with E-state index in [1.54, 1.807) is 0 Å². The fraction of sp³-hybridized carbons (Fsp3) is 0.857. The maximum atomic E-state index is 10.3. The number of nitrogens with zero attached hydrogens (tertiary/aromatic N) is 6. The Morgan fingerprint density at radius 1 is 1.33 bits per heavy atom. The highest BCUT2D eigenvalue weighted by Gasteiger charge is 2.18. The van der Waals surface area contributed by atoms with Crippen LogP contribution in [0.1, 0.15) is 19.3 Å². The molecule has 2 rings (SSSR count). The summed E-state index contributed by atoms with van der Waals surface area (Å²) in [6, 6.07) is 0. The van der Waals surface area contributed by atoms with Gasteiger partial charge in [0.2, 0.25) is 0 Å². The summed E-state index contributed by atoms with van der Waals surface area (Å²) in [5.41, 5.74) is 0. The smallest absolute Gasteiger partial charge is 0.390 e. The summed E-state index contributed by atoms with van der Waals surface area (Å²) in [6.45, 7) is 2.48. The highest BCUT2D eigenvalue weighted by Crippen LogP contribution is 2.09. The van der Waals surface area contributed by atoms with Gasteiger partial charge in [-0.05, 0) is 30.9 Å². The first-order valence-corrected chi connectivity index (χ1v) is 4.90. The zero-order valence-electron chi connectivity index (χ0n) is 8.24. The van der Waals surface area contributed by atoms with Crippen LogP contribution in [0.3, 0.4) is 0 Å². The number of likely N-dealkylation sites (tertiary alicyclic amines) is 1. The van der Waals surface area contributed by atoms with Gasteiger partial charge in [-0.1, -0.05) is 11.2 Å². The maximum absolute atomic E-state index is 10.3. The average molecular weight is 212 g/mol. The van der Waals surface area contributed by atoms with Crippen molar-refractivity contribution in [3.8, 4) is 0 Å². The molecule has 2 heterocycles. The van der Waals surface area contributed by atoms with E-state index in [0.717, 1.165) is 25.9 Å². The van der Waals surface area contributed by atoms with Crippen LogP contribution in [0.25, 0.3) is 0 Å². The van der Waals surface area contributed by atoms with Crippen molar-refractivity contribution in [2.45, 2.75) is 25.9 Å². The first-order valence-electron chi connectivity index (χ1n) is 4.90. The molecule has 1 aromatic heterocycles. The van der Waals surface area contributed by atoms with Crippen molar-refractivity contribution in [3.63, 3.8) is 0 Å². The summed E-state index contributed by atoms with van der Waals surface area (Å²) in [5.74, 6) is -0.438. The molecule has 82 valence electrons. The van der Waals surface area contributed by atoms with Gasteiger partial charge in [0.05, 0.1) is 10.2 Å². The first kappa shape index (κ1) is 9.97. The normalized spacial score (nSPS) is 17.9. The van der Waals surface area contributed by atoms with Crippen LogP contribution in [0, 0.1) is 10.1 Å². The Bertz CT molecular complexity index is 345. The van der Waals surface area contributed by atoms with Crippen LogP contribution in [0.15, 0.2) is 0 Å². The number of rotatable bonds is 3. The standard InChI is InChI=1S/C7H12N6O2/c14-13(15)7-8-10-12(9-7)6-11-4-2-1-3-5-11/h1-6H2. The Balaban J connectivity index is 1.94. The predicted molar refractivity (Wildman–Crippen MR) is 49.9 cm³/mol. The van der Waals surface area contributed by atoms with E-state index in [1.807, 2.05) is 0 Å². The predicted octanol–water partition coefficient (Wildman–Crippen LogP) is 0.0247. The molecule has 1 fully saturated rings. The lowest BCUT2D eigenvalue weighted by Gasteiger charge is -2.24. The number of hydrogen-bond acceptors (Lipinski definition) is 6. The second kappa shape index (κ2) is 4.30. The molecule has 1 aromatic rings. The van der Waals surface area contributed by atoms with Gasteiger partial charge in [0, 0.05) is 5.21 Å². The summed E-state index contributed by atoms with van der Waals surface area (Å²) in [6.07, 6.45) is 3.58. The molecule has 15 heavy (non-hydrogen) atoms. The van der Waals surface area contributed by atoms with Gasteiger partial charge in [-0.3, -0.25) is 4.90 Å². The summed E-state index contributed by atoms with van der Waals surface area (Å²) < 4.78 is 0. The Hall–Kier alpha value is -1.57. The lowest BCUT2D eigenvalue weighted by atomic mass is 10.1. The van der Waals surface area contributed by atoms with E-state index in [0.29, 0.717) is 6.67 Å². The largest absolute Gasteiger partial charge is 0.514 e. The second-order valence-electron chi connectivity index (χ2n) is 3.54. The van der Waals surface area contributed by atoms with E-state index in [-0.39, 0.29) is 0 Å². The van der Waals surface area contributed by atoms with E-state index in [4.69, 9.17) is 0 Å². The minimum absolute atomic E-state index is 0.438. The molecular formula is C7H12N6O2. The van der Waals surface area contributed by atoms with Gasteiger partial charge >= 0.3 is 5.95 Å². The van der Waals surface area contributed by atoms with Crippen LogP contribution in [0.5, 0.6) is 0 Å². The van der Waals surface area contributed by atoms with Crippen LogP contribution in [0.4, 0.5) is 5.95 Å². The Morgan fingerprint density at radius 3 is 2.67 bits per heavy atom. The average Bonchev–Trinajstić information content (AvgIpc) is 2.68. The van der Waals surface area contributed by atoms with E-state index < -0.39 is 10.9 Å². The van der Waals surface area contributed by atoms with Gasteiger partial charge in [0.25, 0.3) is 0 Å². The molecule has 0 aliphatic carbocycles. The van der Waals surface area contributed by atoms with E-state index in [9.17, 15) is 10.1 Å². The topological polar surface area (TPSA) is 90.0 Å². The summed E-state index contributed by atoms with van der Waals surface area (Å²) >= 11 is 0. The molecule has 1 aliphatic heterocycles. The third kappa shape index (κ3) is 2.46. The zero-order valence-corrected chi connectivity index (χ0v) is 8.24. The van der Waals surface area contributed by atoms with Crippen molar-refractivity contribution in [1.29, 1.82) is 0 Å². The molecule has 8 nitrogen and oxygen atoms in total. The molecule has 0 amide bonds. The minimum Gasteiger partial charge on any atom is -0.390 e. The number of aromatic nitrogens is 4. The van der Waals surface area contributed by atoms with Gasteiger partial charge in [-0.15, -0.1) is 0 Å². The van der Waals surface area contributed by atoms with Crippen molar-refractivity contribution in [2.24, 2.45) is 0 Å². The molecule has 8 heteroatoms. The van der Waals surface area contributed by atoms with E-state index in [1.165, 1.54) is 11.2 Å². The van der Waals surface area contributed by atoms with Gasteiger partial charge in [-0.25, -0.2) is 0 Å². The van der Waals surface area contributed by atoms with Gasteiger partial charge in [0.1, 0.15) is 6.67 Å². The number of nitro groups is 1. The Kier molecular flexibility index (Phi) is 2.86. The fourth-order valence-electron chi connectivity index (χ4n) is 1.65. The van der Waals surface area contributed by atoms with Crippen LogP contribution >= 0.6 is 0 Å². The third-order valence-corrected chi connectivity index (χ3v) is 2.38. The second-order valence-corrected chi connectivity index (χ2v) is 3.54. The van der Waals surface area contributed by atoms with Gasteiger partial charge in [0.15, 0.2) is 0 Å². The van der Waals surface area contributed by atoms with Crippen LogP contribution in [-0.2, 0) is 6.67 Å². The quantitative estimate of drug-likeness (QED) is 0.518. The van der Waals surface area contributed by atoms with Crippen molar-refractivity contribution in [3.05, 3.63) is 10.1 Å². The van der Waals surface area contributed by atoms with Crippen molar-refractivity contribution >= 4 is 5.95 Å². The zero-order chi connectivity index (χ0) is 10.7. The lowest BCUT2D eigenvalue weighted by molar-refractivity contribution is -0.394. The highest BCUT2D eigenvalue weighted by atomic mass is 16.6. The molecule has 1 aliphatic rings. The van der Waals surface area contributed by atoms with Gasteiger partial charge < -0.3 is 10.1 Å². The van der Waals surface area contributed by atoms with E-state index >= 15 is 0 Å². The summed E-state index contributed by atoms with van der Waals surface area (Å²) in [7, 11) is 0. The van der Waals surface area contributed by atoms with Crippen LogP contribution < -0.4 is 0 Å². The Morgan fingerprint density at radius 2 is 2.07 bits per heavy atom. The van der Waals surface area contributed by atoms with Gasteiger partial charge in [-0.2, -0.15) is 0 Å². The van der Waals surface area contributed by atoms with Crippen molar-refractivity contribution < 1.29 is 4.92 Å². The number of hydrogen-bond donors (Lipinski definition) is 0. The number of tetrazole rings is 1. The third-order valence-electron chi connectivity index (χ3n) is 2.38. The monoisotopic (exact) mass is 212 g/mol. The summed E-state index contributed by atoms with van der Waals surface area (Å²) in [4.78, 5) is 13.1. The molecular weight excluding hydrogens is 200 g/mol. The molecule has 0 N–H and O–H groups in total. The molecule has 0 saturated carbocycles. The van der Waals surface area contributed by atoms with Crippen molar-refractivity contribution in [1.82, 2.24) is 25.1 Å². The molecule has 1 saturated heterocycles. The molecule has 0 spiro atoms. The fourth-order valence-corrected chi connectivity index (χ4v) is 1.65. The molecule has 0 atom stereocenters. The van der Waals surface area contributed by atoms with E-state index in [2.05, 4.69) is 20.3 Å². The SMILES string of the molecule is O=[N+]([O-])c1nnn(CN2CCCCC2)n1. The first-order chi connectivity index (χ1) is 7.25. The molecule has 0 radical (unpaired) electrons. The lowest BCUT2D eigenvalue weighted by Crippen LogP contribution is -2.32. The van der Waals surface area contributed by atoms with Crippen molar-refractivity contribution in [2.75, 3.05) is 13.1 Å². The summed E-state index contributed by atoms with van der Waals surface area (Å²) in [5, 5.41) is 20.9. The number of piperidine rings is 1. The molecule has 0 aromatic carbocycles. The maximum Gasteiger partial charge on any atom is 0.514 e. The van der Waals surface area contributed by atoms with Crippen LogP contribution in [-0.4, -0.2) is 43.1 Å². The highest BCUT2D eigenvalue weighted by molar-refractivity contribution is 4.92. The molecule has 0 unspecified atom stereocenters. The molecule has 0 bridgehead atoms. The minimum atomic E-state index is -0.639.